The minimum atomic E-state index is -2.29. The van der Waals surface area contributed by atoms with E-state index in [1.807, 2.05) is 0 Å². The van der Waals surface area contributed by atoms with Gasteiger partial charge in [-0.15, -0.1) is 0 Å². The lowest BCUT2D eigenvalue weighted by Gasteiger charge is -2.43. The molecule has 2 aliphatic heterocycles. The summed E-state index contributed by atoms with van der Waals surface area (Å²) in [6, 6.07) is -2.23. The zero-order chi connectivity index (χ0) is 39.2. The summed E-state index contributed by atoms with van der Waals surface area (Å²) in [4.78, 5) is 117. The lowest BCUT2D eigenvalue weighted by molar-refractivity contribution is -0.251. The molecule has 3 aliphatic rings. The van der Waals surface area contributed by atoms with E-state index < -0.39 is 133 Å². The van der Waals surface area contributed by atoms with Crippen molar-refractivity contribution in [2.24, 2.45) is 4.99 Å². The number of aliphatic imine (C=N–C) groups is 1. The molecule has 21 nitrogen and oxygen atoms in total. The van der Waals surface area contributed by atoms with E-state index in [1.54, 1.807) is 0 Å². The van der Waals surface area contributed by atoms with E-state index in [-0.39, 0.29) is 0 Å². The van der Waals surface area contributed by atoms with Crippen LogP contribution in [0.15, 0.2) is 4.99 Å². The Morgan fingerprint density at radius 3 is 1.60 bits per heavy atom. The first-order valence-electron chi connectivity index (χ1n) is 15.7. The molecular weight excluding hydrogens is 707 g/mol. The predicted octanol–water partition coefficient (Wildman–Crippen LogP) is -1.22. The zero-order valence-electron chi connectivity index (χ0n) is 29.8. The van der Waals surface area contributed by atoms with Gasteiger partial charge in [0.1, 0.15) is 25.4 Å². The number of fused-ring (bicyclic) bond motifs is 1. The number of carbonyl (C=O) groups excluding carboxylic acids is 9. The van der Waals surface area contributed by atoms with Crippen molar-refractivity contribution in [3.05, 3.63) is 0 Å². The molecule has 2 heterocycles. The van der Waals surface area contributed by atoms with Gasteiger partial charge in [0.05, 0.1) is 0 Å². The standard InChI is InChI=1S/C31H40N2O19/c1-12(34)33-27-24(25(47-17(6)39)28(49-19(8)41)31(27,52-20(9)42)11-44-14(3)36)51-30(33)32-29-26(48-18(7)40)23(46-16(5)38)22(45-15(4)37)21(50-29)10-43-13(2)35/h21-29H,10-11H2,1-9H3/b32-30-/t21-,22-,23+,24-,25-,26-,27-,28+,29+,31+/m1/s1/i30+1,32+1,33+1. The maximum atomic E-state index is 13.5. The molecule has 0 bridgehead atoms. The minimum Gasteiger partial charge on any atom is -0.463 e. The number of rotatable bonds is 11. The molecule has 0 unspecified atom stereocenters. The quantitative estimate of drug-likeness (QED) is 0.104. The van der Waals surface area contributed by atoms with Gasteiger partial charge in [0.15, 0.2) is 42.9 Å². The Kier molecular flexibility index (Phi) is 13.3. The van der Waals surface area contributed by atoms with Crippen molar-refractivity contribution in [3.8, 4) is 0 Å². The Balaban J connectivity index is 2.30. The number of carbonyl (C=O) groups is 9. The Hall–Kier alpha value is -5.34. The fourth-order valence-electron chi connectivity index (χ4n) is 6.18. The van der Waals surface area contributed by atoms with Crippen molar-refractivity contribution < 1.29 is 90.5 Å². The van der Waals surface area contributed by atoms with Crippen molar-refractivity contribution in [2.75, 3.05) is 13.2 Å². The van der Waals surface area contributed by atoms with E-state index in [2.05, 4.69) is 4.99 Å². The third kappa shape index (κ3) is 9.50. The molecule has 0 radical (unpaired) electrons. The van der Waals surface area contributed by atoms with Gasteiger partial charge >= 0.3 is 47.8 Å². The second-order valence-electron chi connectivity index (χ2n) is 11.9. The molecule has 10 atom stereocenters. The highest BCUT2D eigenvalue weighted by molar-refractivity contribution is 5.96. The van der Waals surface area contributed by atoms with Gasteiger partial charge in [-0.1, -0.05) is 0 Å². The van der Waals surface area contributed by atoms with E-state index in [0.29, 0.717) is 0 Å². The molecule has 0 aromatic heterocycles. The number of nitrogens with zero attached hydrogens (tertiary/aromatic N) is 2. The summed E-state index contributed by atoms with van der Waals surface area (Å²) >= 11 is 0. The Morgan fingerprint density at radius 1 is 0.615 bits per heavy atom. The van der Waals surface area contributed by atoms with Gasteiger partial charge in [0.25, 0.3) is 6.02 Å². The number of esters is 8. The van der Waals surface area contributed by atoms with Gasteiger partial charge < -0.3 is 47.4 Å². The molecule has 0 aromatic rings. The molecule has 52 heavy (non-hydrogen) atoms. The van der Waals surface area contributed by atoms with Crippen LogP contribution in [0.25, 0.3) is 0 Å². The monoisotopic (exact) mass is 747 g/mol. The number of hydrogen-bond donors (Lipinski definition) is 0. The van der Waals surface area contributed by atoms with Gasteiger partial charge in [-0.05, 0) is 0 Å². The summed E-state index contributed by atoms with van der Waals surface area (Å²) in [5.41, 5.74) is -2.29. The number of ether oxygens (including phenoxy) is 10. The fraction of sp³-hybridized carbons (Fsp3) is 0.677. The van der Waals surface area contributed by atoms with Gasteiger partial charge in [-0.25, -0.2) is 0 Å². The highest BCUT2D eigenvalue weighted by Crippen LogP contribution is 2.47. The van der Waals surface area contributed by atoms with Crippen LogP contribution in [0.4, 0.5) is 0 Å². The molecule has 2 saturated heterocycles. The smallest absolute Gasteiger partial charge is 0.303 e. The van der Waals surface area contributed by atoms with E-state index in [9.17, 15) is 43.2 Å². The lowest BCUT2D eigenvalue weighted by atomic mass is 9.96. The van der Waals surface area contributed by atoms with Crippen LogP contribution < -0.4 is 0 Å². The summed E-state index contributed by atoms with van der Waals surface area (Å²) in [6.07, 6.45) is -13.0. The van der Waals surface area contributed by atoms with Crippen LogP contribution >= 0.6 is 0 Å². The van der Waals surface area contributed by atoms with Crippen LogP contribution in [0.3, 0.4) is 0 Å². The highest BCUT2D eigenvalue weighted by atomic mass is 16.7. The Morgan fingerprint density at radius 2 is 1.12 bits per heavy atom. The maximum absolute atomic E-state index is 13.5. The predicted molar refractivity (Wildman–Crippen MR) is 163 cm³/mol. The van der Waals surface area contributed by atoms with E-state index >= 15 is 0 Å². The molecule has 0 aromatic carbocycles. The molecule has 3 fully saturated rings. The van der Waals surface area contributed by atoms with Crippen molar-refractivity contribution in [3.63, 3.8) is 0 Å². The SMILES string of the molecule is CC(=O)OC[C@H]1O[C@H](/[15N]=[13C]2\O[C@@H]3[C@@H](OC(C)=O)[C@H](OC(C)=O)[C@@](COC(C)=O)(OC(C)=O)[C@@H]3[15N]2C(C)=O)[C@H](OC(C)=O)[C@@H](OC(C)=O)[C@@H]1OC(C)=O. The first kappa shape index (κ1) is 41.1. The van der Waals surface area contributed by atoms with Crippen LogP contribution in [-0.2, 0) is 90.5 Å². The van der Waals surface area contributed by atoms with Crippen LogP contribution in [-0.4, -0.2) is 138 Å². The van der Waals surface area contributed by atoms with Gasteiger partial charge in [0.2, 0.25) is 11.5 Å². The number of amides is 1. The molecule has 0 N–H and O–H groups in total. The zero-order valence-corrected chi connectivity index (χ0v) is 29.8. The molecule has 1 saturated carbocycles. The molecular formula is C31H40N2O19. The van der Waals surface area contributed by atoms with Crippen molar-refractivity contribution >= 4 is 59.7 Å². The number of hydrogen-bond acceptors (Lipinski definition) is 20. The van der Waals surface area contributed by atoms with Crippen molar-refractivity contribution in [1.29, 1.82) is 0 Å². The van der Waals surface area contributed by atoms with Crippen molar-refractivity contribution in [1.82, 2.24) is 4.90 Å². The number of amidine groups is 1. The third-order valence-corrected chi connectivity index (χ3v) is 7.61. The first-order chi connectivity index (χ1) is 24.2. The molecule has 21 heteroatoms. The second kappa shape index (κ2) is 16.8. The largest absolute Gasteiger partial charge is 0.463 e. The topological polar surface area (TPSA) is 262 Å². The first-order valence-corrected chi connectivity index (χ1v) is 15.7. The Labute approximate surface area is 296 Å². The molecule has 288 valence electrons. The van der Waals surface area contributed by atoms with Crippen LogP contribution in [0, 0.1) is 0 Å². The summed E-state index contributed by atoms with van der Waals surface area (Å²) in [7, 11) is 0. The third-order valence-electron chi connectivity index (χ3n) is 7.61. The van der Waals surface area contributed by atoms with Gasteiger partial charge in [0, 0.05) is 62.3 Å². The average Bonchev–Trinajstić information content (AvgIpc) is 3.46. The van der Waals surface area contributed by atoms with Gasteiger partial charge in [-0.2, -0.15) is 4.99 Å². The van der Waals surface area contributed by atoms with E-state index in [0.717, 1.165) is 67.2 Å². The molecule has 0 spiro atoms. The maximum Gasteiger partial charge on any atom is 0.303 e. The summed E-state index contributed by atoms with van der Waals surface area (Å²) in [6.45, 7) is 7.75. The fourth-order valence-corrected chi connectivity index (χ4v) is 6.18. The highest BCUT2D eigenvalue weighted by Gasteiger charge is 2.74. The molecule has 3 rings (SSSR count). The lowest BCUT2D eigenvalue weighted by Crippen LogP contribution is -2.63. The van der Waals surface area contributed by atoms with Crippen LogP contribution in [0.1, 0.15) is 62.3 Å². The summed E-state index contributed by atoms with van der Waals surface area (Å²) < 4.78 is 55.3. The van der Waals surface area contributed by atoms with E-state index in [4.69, 9.17) is 47.4 Å². The van der Waals surface area contributed by atoms with Crippen molar-refractivity contribution in [2.45, 2.75) is 123 Å². The normalized spacial score (nSPS) is 31.2. The second-order valence-corrected chi connectivity index (χ2v) is 11.9. The Bertz CT molecular complexity index is 1510. The average molecular weight is 748 g/mol. The minimum absolute atomic E-state index is 0.599. The van der Waals surface area contributed by atoms with Crippen LogP contribution in [0.2, 0.25) is 0 Å². The molecule has 1 aliphatic carbocycles. The molecule has 1 amide bonds. The summed E-state index contributed by atoms with van der Waals surface area (Å²) in [5.74, 6) is -8.12. The van der Waals surface area contributed by atoms with Gasteiger partial charge in [-0.3, -0.25) is 48.1 Å². The van der Waals surface area contributed by atoms with E-state index in [1.165, 1.54) is 0 Å². The summed E-state index contributed by atoms with van der Waals surface area (Å²) in [5, 5.41) is 0. The van der Waals surface area contributed by atoms with Crippen LogP contribution in [0.5, 0.6) is 0 Å².